The van der Waals surface area contributed by atoms with E-state index in [-0.39, 0.29) is 36.0 Å². The molecular formula is C16H22O4. The second-order valence-electron chi connectivity index (χ2n) is 6.43. The molecule has 0 bridgehead atoms. The first-order valence-electron chi connectivity index (χ1n) is 7.26. The summed E-state index contributed by atoms with van der Waals surface area (Å²) < 4.78 is 5.22. The van der Waals surface area contributed by atoms with Crippen LogP contribution in [-0.2, 0) is 19.1 Å². The van der Waals surface area contributed by atoms with Crippen molar-refractivity contribution < 1.29 is 19.1 Å². The second-order valence-corrected chi connectivity index (χ2v) is 6.43. The minimum atomic E-state index is -0.910. The van der Waals surface area contributed by atoms with Crippen LogP contribution < -0.4 is 0 Å². The minimum absolute atomic E-state index is 0.0320. The van der Waals surface area contributed by atoms with Gasteiger partial charge in [0.1, 0.15) is 5.78 Å². The zero-order valence-corrected chi connectivity index (χ0v) is 12.5. The van der Waals surface area contributed by atoms with Gasteiger partial charge in [0.05, 0.1) is 12.0 Å². The van der Waals surface area contributed by atoms with E-state index in [1.165, 1.54) is 0 Å². The lowest BCUT2D eigenvalue weighted by molar-refractivity contribution is -0.155. The Bertz CT molecular complexity index is 487. The SMILES string of the molecule is CCOC(=O)C12CCC(=O)CCC(C)(C)C1=CC(=O)C2. The minimum Gasteiger partial charge on any atom is -0.465 e. The maximum absolute atomic E-state index is 12.5. The van der Waals surface area contributed by atoms with Crippen molar-refractivity contribution in [2.24, 2.45) is 10.8 Å². The third-order valence-electron chi connectivity index (χ3n) is 4.55. The van der Waals surface area contributed by atoms with Crippen molar-refractivity contribution in [3.05, 3.63) is 11.6 Å². The maximum Gasteiger partial charge on any atom is 0.316 e. The number of rotatable bonds is 2. The molecule has 0 aromatic carbocycles. The first-order chi connectivity index (χ1) is 9.32. The summed E-state index contributed by atoms with van der Waals surface area (Å²) in [5, 5.41) is 0. The van der Waals surface area contributed by atoms with E-state index in [9.17, 15) is 14.4 Å². The summed E-state index contributed by atoms with van der Waals surface area (Å²) in [7, 11) is 0. The Hall–Kier alpha value is -1.45. The molecule has 0 heterocycles. The van der Waals surface area contributed by atoms with E-state index in [1.807, 2.05) is 13.8 Å². The molecular weight excluding hydrogens is 256 g/mol. The first-order valence-corrected chi connectivity index (χ1v) is 7.26. The fraction of sp³-hybridized carbons (Fsp3) is 0.688. The number of allylic oxidation sites excluding steroid dienone is 1. The summed E-state index contributed by atoms with van der Waals surface area (Å²) in [4.78, 5) is 36.3. The quantitative estimate of drug-likeness (QED) is 0.728. The highest BCUT2D eigenvalue weighted by Gasteiger charge is 2.53. The van der Waals surface area contributed by atoms with Crippen LogP contribution in [0.5, 0.6) is 0 Å². The predicted octanol–water partition coefficient (Wildman–Crippen LogP) is 2.60. The lowest BCUT2D eigenvalue weighted by Crippen LogP contribution is -2.40. The molecule has 1 unspecified atom stereocenters. The van der Waals surface area contributed by atoms with Gasteiger partial charge in [0.15, 0.2) is 5.78 Å². The lowest BCUT2D eigenvalue weighted by Gasteiger charge is -2.39. The third-order valence-corrected chi connectivity index (χ3v) is 4.55. The molecule has 0 N–H and O–H groups in total. The van der Waals surface area contributed by atoms with Gasteiger partial charge < -0.3 is 4.74 Å². The van der Waals surface area contributed by atoms with Gasteiger partial charge in [-0.3, -0.25) is 14.4 Å². The summed E-state index contributed by atoms with van der Waals surface area (Å²) in [5.41, 5.74) is -0.372. The Labute approximate surface area is 119 Å². The summed E-state index contributed by atoms with van der Waals surface area (Å²) in [6.07, 6.45) is 3.69. The van der Waals surface area contributed by atoms with E-state index in [4.69, 9.17) is 4.74 Å². The van der Waals surface area contributed by atoms with Crippen molar-refractivity contribution >= 4 is 17.5 Å². The number of Topliss-reactive ketones (excluding diaryl/α,β-unsaturated/α-hetero) is 1. The Balaban J connectivity index is 2.47. The Morgan fingerprint density at radius 3 is 2.55 bits per heavy atom. The van der Waals surface area contributed by atoms with Crippen molar-refractivity contribution in [1.29, 1.82) is 0 Å². The molecule has 0 spiro atoms. The van der Waals surface area contributed by atoms with Crippen molar-refractivity contribution in [3.63, 3.8) is 0 Å². The van der Waals surface area contributed by atoms with Gasteiger partial charge >= 0.3 is 5.97 Å². The molecule has 1 atom stereocenters. The monoisotopic (exact) mass is 278 g/mol. The van der Waals surface area contributed by atoms with Crippen LogP contribution >= 0.6 is 0 Å². The van der Waals surface area contributed by atoms with E-state index >= 15 is 0 Å². The molecule has 0 aromatic rings. The number of carbonyl (C=O) groups is 3. The molecule has 110 valence electrons. The van der Waals surface area contributed by atoms with E-state index < -0.39 is 5.41 Å². The maximum atomic E-state index is 12.5. The van der Waals surface area contributed by atoms with Gasteiger partial charge in [-0.15, -0.1) is 0 Å². The van der Waals surface area contributed by atoms with Gasteiger partial charge in [0.25, 0.3) is 0 Å². The van der Waals surface area contributed by atoms with Crippen LogP contribution in [0.4, 0.5) is 0 Å². The van der Waals surface area contributed by atoms with Gasteiger partial charge in [0.2, 0.25) is 0 Å². The number of ketones is 2. The molecule has 4 nitrogen and oxygen atoms in total. The van der Waals surface area contributed by atoms with Crippen LogP contribution in [0.2, 0.25) is 0 Å². The van der Waals surface area contributed by atoms with Gasteiger partial charge in [-0.1, -0.05) is 13.8 Å². The smallest absolute Gasteiger partial charge is 0.316 e. The Morgan fingerprint density at radius 1 is 1.25 bits per heavy atom. The highest BCUT2D eigenvalue weighted by molar-refractivity contribution is 6.01. The normalized spacial score (nSPS) is 29.2. The third kappa shape index (κ3) is 2.43. The largest absolute Gasteiger partial charge is 0.465 e. The standard InChI is InChI=1S/C16H22O4/c1-4-20-14(19)16-8-6-11(17)5-7-15(2,3)13(16)9-12(18)10-16/h9H,4-8,10H2,1-3H3. The number of ether oxygens (including phenoxy) is 1. The molecule has 0 saturated heterocycles. The highest BCUT2D eigenvalue weighted by atomic mass is 16.5. The van der Waals surface area contributed by atoms with Gasteiger partial charge in [-0.25, -0.2) is 0 Å². The highest BCUT2D eigenvalue weighted by Crippen LogP contribution is 2.53. The molecule has 2 aliphatic carbocycles. The van der Waals surface area contributed by atoms with Gasteiger partial charge in [-0.05, 0) is 36.8 Å². The molecule has 20 heavy (non-hydrogen) atoms. The van der Waals surface area contributed by atoms with Gasteiger partial charge in [-0.2, -0.15) is 0 Å². The Morgan fingerprint density at radius 2 is 1.90 bits per heavy atom. The van der Waals surface area contributed by atoms with Crippen molar-refractivity contribution in [2.45, 2.75) is 52.9 Å². The fourth-order valence-electron chi connectivity index (χ4n) is 3.43. The molecule has 1 fully saturated rings. The summed E-state index contributed by atoms with van der Waals surface area (Å²) in [5.74, 6) is -0.213. The van der Waals surface area contributed by atoms with Crippen LogP contribution in [0.1, 0.15) is 52.9 Å². The van der Waals surface area contributed by atoms with E-state index in [0.717, 1.165) is 5.57 Å². The lowest BCUT2D eigenvalue weighted by atomic mass is 9.63. The first kappa shape index (κ1) is 14.9. The van der Waals surface area contributed by atoms with Crippen molar-refractivity contribution in [3.8, 4) is 0 Å². The number of fused-ring (bicyclic) bond motifs is 1. The molecule has 0 amide bonds. The fourth-order valence-corrected chi connectivity index (χ4v) is 3.43. The molecule has 1 saturated carbocycles. The molecule has 0 aromatic heterocycles. The molecule has 2 aliphatic rings. The molecule has 0 radical (unpaired) electrons. The van der Waals surface area contributed by atoms with Crippen LogP contribution in [0.15, 0.2) is 11.6 Å². The van der Waals surface area contributed by atoms with E-state index in [2.05, 4.69) is 0 Å². The summed E-state index contributed by atoms with van der Waals surface area (Å²) in [6, 6.07) is 0. The topological polar surface area (TPSA) is 60.4 Å². The van der Waals surface area contributed by atoms with Crippen molar-refractivity contribution in [2.75, 3.05) is 6.61 Å². The van der Waals surface area contributed by atoms with Gasteiger partial charge in [0, 0.05) is 19.3 Å². The average molecular weight is 278 g/mol. The Kier molecular flexibility index (Phi) is 3.85. The zero-order valence-electron chi connectivity index (χ0n) is 12.5. The van der Waals surface area contributed by atoms with Crippen molar-refractivity contribution in [1.82, 2.24) is 0 Å². The number of carbonyl (C=O) groups excluding carboxylic acids is 3. The molecule has 0 aliphatic heterocycles. The van der Waals surface area contributed by atoms with Crippen LogP contribution in [0.25, 0.3) is 0 Å². The summed E-state index contributed by atoms with van der Waals surface area (Å²) in [6.45, 7) is 6.05. The zero-order chi connectivity index (χ0) is 15.0. The number of hydrogen-bond acceptors (Lipinski definition) is 4. The predicted molar refractivity (Wildman–Crippen MR) is 74.0 cm³/mol. The summed E-state index contributed by atoms with van der Waals surface area (Å²) >= 11 is 0. The molecule has 2 rings (SSSR count). The number of esters is 1. The second kappa shape index (κ2) is 5.15. The van der Waals surface area contributed by atoms with E-state index in [1.54, 1.807) is 13.0 Å². The van der Waals surface area contributed by atoms with Crippen LogP contribution in [-0.4, -0.2) is 24.1 Å². The molecule has 4 heteroatoms. The van der Waals surface area contributed by atoms with E-state index in [0.29, 0.717) is 25.7 Å². The number of hydrogen-bond donors (Lipinski definition) is 0. The van der Waals surface area contributed by atoms with Crippen LogP contribution in [0, 0.1) is 10.8 Å². The average Bonchev–Trinajstić information content (AvgIpc) is 2.72. The van der Waals surface area contributed by atoms with Crippen LogP contribution in [0.3, 0.4) is 0 Å².